The Morgan fingerprint density at radius 1 is 1.20 bits per heavy atom. The summed E-state index contributed by atoms with van der Waals surface area (Å²) in [4.78, 5) is 4.53. The average molecular weight is 426 g/mol. The van der Waals surface area contributed by atoms with E-state index in [0.29, 0.717) is 23.1 Å². The molecule has 156 valence electrons. The Hall–Kier alpha value is -3.14. The Morgan fingerprint density at radius 2 is 1.97 bits per heavy atom. The van der Waals surface area contributed by atoms with Gasteiger partial charge in [-0.3, -0.25) is 5.32 Å². The van der Waals surface area contributed by atoms with Crippen LogP contribution in [0.1, 0.15) is 23.0 Å². The van der Waals surface area contributed by atoms with Crippen molar-refractivity contribution in [2.45, 2.75) is 12.6 Å². The predicted octanol–water partition coefficient (Wildman–Crippen LogP) is 3.98. The molecule has 6 nitrogen and oxygen atoms in total. The maximum atomic E-state index is 6.42. The molecular formula is C23H24ClN3O3. The molecule has 3 aromatic rings. The van der Waals surface area contributed by atoms with Gasteiger partial charge in [-0.25, -0.2) is 4.98 Å². The van der Waals surface area contributed by atoms with E-state index in [1.165, 1.54) is 0 Å². The minimum Gasteiger partial charge on any atom is -0.496 e. The second kappa shape index (κ2) is 10.1. The van der Waals surface area contributed by atoms with Gasteiger partial charge in [-0.15, -0.1) is 6.42 Å². The number of terminal acetylenes is 1. The molecule has 0 bridgehead atoms. The second-order valence-electron chi connectivity index (χ2n) is 6.55. The van der Waals surface area contributed by atoms with Crippen molar-refractivity contribution in [2.75, 3.05) is 20.8 Å². The SMILES string of the molecule is C#CCOc1c(Cl)cc(CN[C@H](c2ccccc2OC)c2nccn2C)cc1OC. The van der Waals surface area contributed by atoms with Crippen LogP contribution in [-0.4, -0.2) is 30.4 Å². The normalized spacial score (nSPS) is 11.6. The monoisotopic (exact) mass is 425 g/mol. The third kappa shape index (κ3) is 4.70. The van der Waals surface area contributed by atoms with E-state index in [2.05, 4.69) is 16.2 Å². The summed E-state index contributed by atoms with van der Waals surface area (Å²) in [7, 11) is 5.19. The van der Waals surface area contributed by atoms with Crippen molar-refractivity contribution in [1.82, 2.24) is 14.9 Å². The van der Waals surface area contributed by atoms with Crippen LogP contribution in [0.5, 0.6) is 17.2 Å². The molecule has 7 heteroatoms. The van der Waals surface area contributed by atoms with Gasteiger partial charge in [-0.05, 0) is 23.8 Å². The number of methoxy groups -OCH3 is 2. The van der Waals surface area contributed by atoms with Gasteiger partial charge in [0.2, 0.25) is 0 Å². The molecule has 2 aromatic carbocycles. The Kier molecular flexibility index (Phi) is 7.23. The van der Waals surface area contributed by atoms with Crippen LogP contribution in [0.2, 0.25) is 5.02 Å². The van der Waals surface area contributed by atoms with Crippen molar-refractivity contribution < 1.29 is 14.2 Å². The summed E-state index contributed by atoms with van der Waals surface area (Å²) in [5.74, 6) is 5.04. The van der Waals surface area contributed by atoms with Gasteiger partial charge in [0, 0.05) is 31.5 Å². The lowest BCUT2D eigenvalue weighted by Gasteiger charge is -2.22. The molecule has 0 aliphatic rings. The largest absolute Gasteiger partial charge is 0.496 e. The Labute approximate surface area is 181 Å². The Morgan fingerprint density at radius 3 is 2.63 bits per heavy atom. The summed E-state index contributed by atoms with van der Waals surface area (Å²) in [6, 6.07) is 11.4. The van der Waals surface area contributed by atoms with E-state index < -0.39 is 0 Å². The van der Waals surface area contributed by atoms with Crippen LogP contribution in [-0.2, 0) is 13.6 Å². The lowest BCUT2D eigenvalue weighted by molar-refractivity contribution is 0.330. The van der Waals surface area contributed by atoms with Crippen LogP contribution < -0.4 is 19.5 Å². The fourth-order valence-electron chi connectivity index (χ4n) is 3.25. The molecule has 3 rings (SSSR count). The van der Waals surface area contributed by atoms with Gasteiger partial charge in [0.15, 0.2) is 11.5 Å². The van der Waals surface area contributed by atoms with Crippen molar-refractivity contribution in [2.24, 2.45) is 7.05 Å². The van der Waals surface area contributed by atoms with Crippen molar-refractivity contribution in [3.05, 3.63) is 70.8 Å². The van der Waals surface area contributed by atoms with Gasteiger partial charge in [-0.2, -0.15) is 0 Å². The highest BCUT2D eigenvalue weighted by molar-refractivity contribution is 6.32. The molecular weight excluding hydrogens is 402 g/mol. The summed E-state index contributed by atoms with van der Waals surface area (Å²) in [5.41, 5.74) is 1.92. The minimum absolute atomic E-state index is 0.114. The maximum absolute atomic E-state index is 6.42. The number of aryl methyl sites for hydroxylation is 1. The summed E-state index contributed by atoms with van der Waals surface area (Å²) >= 11 is 6.42. The van der Waals surface area contributed by atoms with Crippen LogP contribution in [0.25, 0.3) is 0 Å². The molecule has 0 spiro atoms. The number of imidazole rings is 1. The number of rotatable bonds is 9. The maximum Gasteiger partial charge on any atom is 0.181 e. The van der Waals surface area contributed by atoms with Crippen LogP contribution >= 0.6 is 11.6 Å². The lowest BCUT2D eigenvalue weighted by Crippen LogP contribution is -2.25. The van der Waals surface area contributed by atoms with Crippen molar-refractivity contribution in [1.29, 1.82) is 0 Å². The Balaban J connectivity index is 1.91. The zero-order valence-electron chi connectivity index (χ0n) is 17.2. The number of halogens is 1. The third-order valence-corrected chi connectivity index (χ3v) is 4.95. The van der Waals surface area contributed by atoms with Crippen LogP contribution in [0.15, 0.2) is 48.8 Å². The van der Waals surface area contributed by atoms with Crippen LogP contribution in [0.4, 0.5) is 0 Å². The zero-order valence-corrected chi connectivity index (χ0v) is 17.9. The van der Waals surface area contributed by atoms with Crippen molar-refractivity contribution in [3.63, 3.8) is 0 Å². The van der Waals surface area contributed by atoms with E-state index in [0.717, 1.165) is 22.7 Å². The van der Waals surface area contributed by atoms with Gasteiger partial charge in [0.05, 0.1) is 25.3 Å². The average Bonchev–Trinajstić information content (AvgIpc) is 3.18. The molecule has 0 radical (unpaired) electrons. The second-order valence-corrected chi connectivity index (χ2v) is 6.96. The first-order valence-electron chi connectivity index (χ1n) is 9.35. The van der Waals surface area contributed by atoms with E-state index in [-0.39, 0.29) is 12.6 Å². The zero-order chi connectivity index (χ0) is 21.5. The molecule has 0 fully saturated rings. The smallest absolute Gasteiger partial charge is 0.181 e. The van der Waals surface area contributed by atoms with E-state index in [4.69, 9.17) is 32.2 Å². The van der Waals surface area contributed by atoms with E-state index in [1.807, 2.05) is 54.2 Å². The molecule has 1 heterocycles. The number of para-hydroxylation sites is 1. The molecule has 1 atom stereocenters. The van der Waals surface area contributed by atoms with Crippen LogP contribution in [0, 0.1) is 12.3 Å². The third-order valence-electron chi connectivity index (χ3n) is 4.67. The number of ether oxygens (including phenoxy) is 3. The fourth-order valence-corrected chi connectivity index (χ4v) is 3.54. The van der Waals surface area contributed by atoms with E-state index in [9.17, 15) is 0 Å². The molecule has 0 amide bonds. The first-order valence-corrected chi connectivity index (χ1v) is 9.73. The Bertz CT molecular complexity index is 1040. The number of benzene rings is 2. The molecule has 0 saturated carbocycles. The molecule has 0 aliphatic carbocycles. The van der Waals surface area contributed by atoms with Gasteiger partial charge in [0.1, 0.15) is 18.2 Å². The first-order chi connectivity index (χ1) is 14.6. The van der Waals surface area contributed by atoms with Gasteiger partial charge >= 0.3 is 0 Å². The summed E-state index contributed by atoms with van der Waals surface area (Å²) < 4.78 is 18.5. The van der Waals surface area contributed by atoms with Gasteiger partial charge in [0.25, 0.3) is 0 Å². The standard InChI is InChI=1S/C23H24ClN3O3/c1-5-12-30-22-18(24)13-16(14-20(22)29-4)15-26-21(23-25-10-11-27(23)2)17-8-6-7-9-19(17)28-3/h1,6-11,13-14,21,26H,12,15H2,2-4H3/t21-/m1/s1. The lowest BCUT2D eigenvalue weighted by atomic mass is 10.0. The molecule has 0 saturated heterocycles. The predicted molar refractivity (Wildman–Crippen MR) is 117 cm³/mol. The molecule has 1 N–H and O–H groups in total. The van der Waals surface area contributed by atoms with Crippen LogP contribution in [0.3, 0.4) is 0 Å². The fraction of sp³-hybridized carbons (Fsp3) is 0.261. The van der Waals surface area contributed by atoms with Crippen molar-refractivity contribution >= 4 is 11.6 Å². The number of nitrogens with one attached hydrogen (secondary N) is 1. The number of hydrogen-bond acceptors (Lipinski definition) is 5. The molecule has 0 unspecified atom stereocenters. The quantitative estimate of drug-likeness (QED) is 0.525. The van der Waals surface area contributed by atoms with E-state index >= 15 is 0 Å². The summed E-state index contributed by atoms with van der Waals surface area (Å²) in [6.45, 7) is 0.629. The first kappa shape index (κ1) is 21.6. The number of hydrogen-bond donors (Lipinski definition) is 1. The van der Waals surface area contributed by atoms with Gasteiger partial charge in [-0.1, -0.05) is 35.7 Å². The number of nitrogens with zero attached hydrogens (tertiary/aromatic N) is 2. The highest BCUT2D eigenvalue weighted by Gasteiger charge is 2.22. The summed E-state index contributed by atoms with van der Waals surface area (Å²) in [6.07, 6.45) is 8.97. The molecule has 1 aromatic heterocycles. The summed E-state index contributed by atoms with van der Waals surface area (Å²) in [5, 5.41) is 4.00. The van der Waals surface area contributed by atoms with Crippen molar-refractivity contribution in [3.8, 4) is 29.6 Å². The highest BCUT2D eigenvalue weighted by atomic mass is 35.5. The molecule has 0 aliphatic heterocycles. The highest BCUT2D eigenvalue weighted by Crippen LogP contribution is 2.37. The topological polar surface area (TPSA) is 57.5 Å². The molecule has 30 heavy (non-hydrogen) atoms. The van der Waals surface area contributed by atoms with E-state index in [1.54, 1.807) is 20.4 Å². The van der Waals surface area contributed by atoms with Gasteiger partial charge < -0.3 is 18.8 Å². The minimum atomic E-state index is -0.191. The number of aromatic nitrogens is 2.